The van der Waals surface area contributed by atoms with Crippen molar-refractivity contribution in [3.05, 3.63) is 180 Å². The Hall–Kier alpha value is -6.51. The lowest BCUT2D eigenvalue weighted by molar-refractivity contribution is 0.440. The van der Waals surface area contributed by atoms with E-state index in [0.29, 0.717) is 0 Å². The lowest BCUT2D eigenvalue weighted by atomic mass is 9.34. The minimum Gasteiger partial charge on any atom is -0.457 e. The maximum Gasteiger partial charge on any atom is 0.251 e. The van der Waals surface area contributed by atoms with Gasteiger partial charge in [0.15, 0.2) is 7.28 Å². The van der Waals surface area contributed by atoms with E-state index < -0.39 is 5.41 Å². The van der Waals surface area contributed by atoms with Crippen LogP contribution in [0.15, 0.2) is 158 Å². The molecule has 53 heavy (non-hydrogen) atoms. The second-order valence-corrected chi connectivity index (χ2v) is 15.4. The molecule has 10 aromatic rings. The molecule has 4 heterocycles. The van der Waals surface area contributed by atoms with Crippen molar-refractivity contribution < 1.29 is 4.74 Å². The molecule has 3 aliphatic heterocycles. The van der Waals surface area contributed by atoms with E-state index in [4.69, 9.17) is 4.74 Å². The zero-order valence-electron chi connectivity index (χ0n) is 28.7. The van der Waals surface area contributed by atoms with Crippen molar-refractivity contribution in [1.82, 2.24) is 4.57 Å². The molecule has 0 fully saturated rings. The average Bonchev–Trinajstić information content (AvgIpc) is 3.73. The third kappa shape index (κ3) is 2.93. The lowest BCUT2D eigenvalue weighted by Gasteiger charge is -2.41. The van der Waals surface area contributed by atoms with E-state index in [2.05, 4.69) is 162 Å². The van der Waals surface area contributed by atoms with E-state index in [9.17, 15) is 0 Å². The number of aromatic nitrogens is 1. The summed E-state index contributed by atoms with van der Waals surface area (Å²) in [4.78, 5) is 0. The third-order valence-corrected chi connectivity index (χ3v) is 13.3. The van der Waals surface area contributed by atoms with Crippen LogP contribution in [-0.2, 0) is 5.41 Å². The van der Waals surface area contributed by atoms with Crippen molar-refractivity contribution >= 4 is 84.7 Å². The van der Waals surface area contributed by atoms with Crippen molar-refractivity contribution in [3.63, 3.8) is 0 Å². The Morgan fingerprint density at radius 1 is 0.453 bits per heavy atom. The monoisotopic (exact) mass is 667 g/mol. The highest BCUT2D eigenvalue weighted by Gasteiger charge is 2.52. The Bertz CT molecular complexity index is 3270. The molecule has 0 atom stereocenters. The Balaban J connectivity index is 1.14. The average molecular weight is 667 g/mol. The second-order valence-electron chi connectivity index (χ2n) is 15.4. The van der Waals surface area contributed by atoms with Crippen LogP contribution in [0.25, 0.3) is 60.2 Å². The van der Waals surface area contributed by atoms with Gasteiger partial charge in [-0.25, -0.2) is 0 Å². The standard InChI is InChI=1S/C49H27B2NO/c1-2-12-28-27(11-1)31-23-25-38-46-43(31)44-32(28)24-26-40-47(44)52(46)45-37(50-38)19-10-20-39(45)51(40)41-21-9-18-36-48(41)53-42-22-8-7-17-35(42)49(36)33-15-5-3-13-29(33)30-14-4-6-16-34(30)49/h1-26,50H. The molecule has 1 spiro atoms. The number of fused-ring (bicyclic) bond motifs is 12. The minimum absolute atomic E-state index is 0.0119. The van der Waals surface area contributed by atoms with E-state index in [-0.39, 0.29) is 6.71 Å². The summed E-state index contributed by atoms with van der Waals surface area (Å²) in [6.07, 6.45) is 0. The van der Waals surface area contributed by atoms with Gasteiger partial charge in [-0.05, 0) is 66.3 Å². The highest BCUT2D eigenvalue weighted by atomic mass is 16.5. The first kappa shape index (κ1) is 27.2. The van der Waals surface area contributed by atoms with Crippen molar-refractivity contribution in [1.29, 1.82) is 0 Å². The molecular formula is C49H27B2NO. The maximum atomic E-state index is 7.27. The van der Waals surface area contributed by atoms with Crippen LogP contribution in [0.5, 0.6) is 11.5 Å². The summed E-state index contributed by atoms with van der Waals surface area (Å²) >= 11 is 0. The van der Waals surface area contributed by atoms with Crippen molar-refractivity contribution in [2.24, 2.45) is 0 Å². The molecule has 14 rings (SSSR count). The van der Waals surface area contributed by atoms with Gasteiger partial charge >= 0.3 is 0 Å². The van der Waals surface area contributed by atoms with Gasteiger partial charge in [-0.3, -0.25) is 0 Å². The van der Waals surface area contributed by atoms with Crippen LogP contribution in [-0.4, -0.2) is 18.6 Å². The summed E-state index contributed by atoms with van der Waals surface area (Å²) < 4.78 is 9.92. The van der Waals surface area contributed by atoms with E-state index in [1.807, 2.05) is 0 Å². The van der Waals surface area contributed by atoms with Gasteiger partial charge in [0.05, 0.1) is 5.41 Å². The molecule has 0 unspecified atom stereocenters. The van der Waals surface area contributed by atoms with Crippen molar-refractivity contribution in [2.75, 3.05) is 0 Å². The number of nitrogens with zero attached hydrogens (tertiary/aromatic N) is 1. The Kier molecular flexibility index (Phi) is 4.67. The molecule has 0 saturated carbocycles. The molecule has 1 aromatic heterocycles. The molecule has 0 N–H and O–H groups in total. The van der Waals surface area contributed by atoms with Gasteiger partial charge in [-0.15, -0.1) is 0 Å². The van der Waals surface area contributed by atoms with E-state index in [0.717, 1.165) is 18.8 Å². The molecule has 0 amide bonds. The summed E-state index contributed by atoms with van der Waals surface area (Å²) in [5.74, 6) is 1.91. The van der Waals surface area contributed by atoms with Gasteiger partial charge < -0.3 is 9.30 Å². The molecule has 2 nitrogen and oxygen atoms in total. The highest BCUT2D eigenvalue weighted by molar-refractivity contribution is 6.99. The van der Waals surface area contributed by atoms with Crippen molar-refractivity contribution in [3.8, 4) is 28.3 Å². The summed E-state index contributed by atoms with van der Waals surface area (Å²) in [5, 5.41) is 8.15. The van der Waals surface area contributed by atoms with Gasteiger partial charge in [0.25, 0.3) is 6.71 Å². The zero-order chi connectivity index (χ0) is 34.2. The third-order valence-electron chi connectivity index (χ3n) is 13.3. The smallest absolute Gasteiger partial charge is 0.251 e. The SMILES string of the molecule is B1c2cccc3c2-n2c4c1ccc1c5ccccc5c5ccc(c2c5c14)B3c1cccc2c1Oc1ccccc1C21c2ccccc2-c2ccccc21. The lowest BCUT2D eigenvalue weighted by Crippen LogP contribution is -2.59. The fourth-order valence-electron chi connectivity index (χ4n) is 11.5. The quantitative estimate of drug-likeness (QED) is 0.131. The zero-order valence-corrected chi connectivity index (χ0v) is 28.7. The van der Waals surface area contributed by atoms with Crippen LogP contribution < -0.4 is 32.1 Å². The first-order chi connectivity index (χ1) is 26.3. The first-order valence-corrected chi connectivity index (χ1v) is 18.8. The van der Waals surface area contributed by atoms with Gasteiger partial charge in [-0.2, -0.15) is 0 Å². The summed E-state index contributed by atoms with van der Waals surface area (Å²) in [7, 11) is 0.933. The summed E-state index contributed by atoms with van der Waals surface area (Å²) in [6.45, 7) is -0.0119. The van der Waals surface area contributed by atoms with Gasteiger partial charge in [0.2, 0.25) is 0 Å². The van der Waals surface area contributed by atoms with Crippen LogP contribution >= 0.6 is 0 Å². The Morgan fingerprint density at radius 3 is 1.87 bits per heavy atom. The molecule has 240 valence electrons. The molecule has 4 heteroatoms. The minimum atomic E-state index is -0.499. The number of rotatable bonds is 1. The predicted octanol–water partition coefficient (Wildman–Crippen LogP) is 7.53. The van der Waals surface area contributed by atoms with Gasteiger partial charge in [0.1, 0.15) is 11.5 Å². The first-order valence-electron chi connectivity index (χ1n) is 18.8. The number of hydrogen-bond donors (Lipinski definition) is 0. The van der Waals surface area contributed by atoms with Crippen LogP contribution in [0.4, 0.5) is 0 Å². The fraction of sp³-hybridized carbons (Fsp3) is 0.0204. The van der Waals surface area contributed by atoms with Gasteiger partial charge in [-0.1, -0.05) is 163 Å². The Labute approximate surface area is 306 Å². The Morgan fingerprint density at radius 2 is 1.08 bits per heavy atom. The molecule has 4 aliphatic rings. The number of ether oxygens (including phenoxy) is 1. The number of para-hydroxylation sites is 3. The highest BCUT2D eigenvalue weighted by Crippen LogP contribution is 2.61. The van der Waals surface area contributed by atoms with Crippen LogP contribution in [0, 0.1) is 0 Å². The normalized spacial score (nSPS) is 14.8. The van der Waals surface area contributed by atoms with Crippen LogP contribution in [0.3, 0.4) is 0 Å². The van der Waals surface area contributed by atoms with Gasteiger partial charge in [0, 0.05) is 38.6 Å². The molecular weight excluding hydrogens is 640 g/mol. The predicted molar refractivity (Wildman–Crippen MR) is 222 cm³/mol. The van der Waals surface area contributed by atoms with Crippen LogP contribution in [0.1, 0.15) is 22.3 Å². The number of benzene rings is 9. The van der Waals surface area contributed by atoms with Crippen LogP contribution in [0.2, 0.25) is 0 Å². The molecule has 0 radical (unpaired) electrons. The second kappa shape index (κ2) is 9.10. The fourth-order valence-corrected chi connectivity index (χ4v) is 11.5. The van der Waals surface area contributed by atoms with E-state index >= 15 is 0 Å². The summed E-state index contributed by atoms with van der Waals surface area (Å²) in [6, 6.07) is 59.3. The molecule has 0 bridgehead atoms. The maximum absolute atomic E-state index is 7.27. The topological polar surface area (TPSA) is 14.2 Å². The number of hydrogen-bond acceptors (Lipinski definition) is 1. The van der Waals surface area contributed by atoms with E-state index in [1.54, 1.807) is 0 Å². The molecule has 9 aromatic carbocycles. The summed E-state index contributed by atoms with van der Waals surface area (Å²) in [5.41, 5.74) is 18.0. The molecule has 0 saturated heterocycles. The van der Waals surface area contributed by atoms with E-state index in [1.165, 1.54) is 110 Å². The molecule has 1 aliphatic carbocycles. The largest absolute Gasteiger partial charge is 0.457 e. The van der Waals surface area contributed by atoms with Crippen molar-refractivity contribution in [2.45, 2.75) is 5.41 Å².